The van der Waals surface area contributed by atoms with Gasteiger partial charge in [-0.25, -0.2) is 0 Å². The van der Waals surface area contributed by atoms with Crippen LogP contribution in [0.4, 0.5) is 0 Å². The molecule has 17 heavy (non-hydrogen) atoms. The van der Waals surface area contributed by atoms with Crippen molar-refractivity contribution < 1.29 is 9.53 Å². The summed E-state index contributed by atoms with van der Waals surface area (Å²) in [6.07, 6.45) is 4.35. The molecule has 0 N–H and O–H groups in total. The standard InChI is InChI=1S/C15H20O2/c1-5-15(2,3)14(16)11-8-12-6-9-13(17-4)10-7-12/h6-11H,5H2,1-4H3/b11-8+. The van der Waals surface area contributed by atoms with Crippen molar-refractivity contribution in [2.24, 2.45) is 5.41 Å². The quantitative estimate of drug-likeness (QED) is 0.723. The van der Waals surface area contributed by atoms with Gasteiger partial charge in [-0.15, -0.1) is 0 Å². The van der Waals surface area contributed by atoms with Crippen LogP contribution in [-0.2, 0) is 4.79 Å². The highest BCUT2D eigenvalue weighted by molar-refractivity contribution is 5.97. The summed E-state index contributed by atoms with van der Waals surface area (Å²) in [5.74, 6) is 0.984. The molecule has 0 aromatic heterocycles. The van der Waals surface area contributed by atoms with Gasteiger partial charge in [-0.3, -0.25) is 4.79 Å². The Bertz CT molecular complexity index is 399. The maximum Gasteiger partial charge on any atom is 0.161 e. The van der Waals surface area contributed by atoms with Gasteiger partial charge in [0.1, 0.15) is 5.75 Å². The number of carbonyl (C=O) groups is 1. The fourth-order valence-corrected chi connectivity index (χ4v) is 1.29. The number of benzene rings is 1. The van der Waals surface area contributed by atoms with Crippen LogP contribution in [0.3, 0.4) is 0 Å². The van der Waals surface area contributed by atoms with Gasteiger partial charge >= 0.3 is 0 Å². The molecule has 1 rings (SSSR count). The molecular formula is C15H20O2. The summed E-state index contributed by atoms with van der Waals surface area (Å²) < 4.78 is 5.08. The molecule has 0 aliphatic heterocycles. The van der Waals surface area contributed by atoms with Crippen molar-refractivity contribution in [2.45, 2.75) is 27.2 Å². The first-order valence-corrected chi connectivity index (χ1v) is 5.86. The maximum atomic E-state index is 11.9. The van der Waals surface area contributed by atoms with Crippen molar-refractivity contribution in [1.29, 1.82) is 0 Å². The van der Waals surface area contributed by atoms with Crippen molar-refractivity contribution in [1.82, 2.24) is 0 Å². The molecule has 0 saturated carbocycles. The number of methoxy groups -OCH3 is 1. The van der Waals surface area contributed by atoms with E-state index in [-0.39, 0.29) is 11.2 Å². The highest BCUT2D eigenvalue weighted by atomic mass is 16.5. The van der Waals surface area contributed by atoms with Crippen LogP contribution in [0.25, 0.3) is 6.08 Å². The Labute approximate surface area is 103 Å². The second-order valence-corrected chi connectivity index (χ2v) is 4.71. The second-order valence-electron chi connectivity index (χ2n) is 4.71. The topological polar surface area (TPSA) is 26.3 Å². The van der Waals surface area contributed by atoms with Crippen LogP contribution in [0.2, 0.25) is 0 Å². The van der Waals surface area contributed by atoms with Gasteiger partial charge in [0.2, 0.25) is 0 Å². The van der Waals surface area contributed by atoms with Crippen LogP contribution >= 0.6 is 0 Å². The summed E-state index contributed by atoms with van der Waals surface area (Å²) in [6.45, 7) is 5.96. The van der Waals surface area contributed by atoms with E-state index in [9.17, 15) is 4.79 Å². The molecule has 0 amide bonds. The summed E-state index contributed by atoms with van der Waals surface area (Å²) in [5, 5.41) is 0. The molecule has 0 heterocycles. The van der Waals surface area contributed by atoms with Crippen LogP contribution in [0.5, 0.6) is 5.75 Å². The first kappa shape index (κ1) is 13.5. The first-order valence-electron chi connectivity index (χ1n) is 5.86. The number of rotatable bonds is 5. The van der Waals surface area contributed by atoms with Crippen LogP contribution in [0, 0.1) is 5.41 Å². The molecule has 1 aromatic carbocycles. The highest BCUT2D eigenvalue weighted by Gasteiger charge is 2.22. The van der Waals surface area contributed by atoms with Gasteiger partial charge in [0.15, 0.2) is 5.78 Å². The normalized spacial score (nSPS) is 11.8. The third-order valence-corrected chi connectivity index (χ3v) is 3.09. The Kier molecular flexibility index (Phi) is 4.50. The zero-order valence-electron chi connectivity index (χ0n) is 11.0. The minimum absolute atomic E-state index is 0.163. The van der Waals surface area contributed by atoms with Gasteiger partial charge in [-0.05, 0) is 30.2 Å². The summed E-state index contributed by atoms with van der Waals surface area (Å²) in [5.41, 5.74) is 0.731. The average Bonchev–Trinajstić information content (AvgIpc) is 2.36. The monoisotopic (exact) mass is 232 g/mol. The molecule has 0 spiro atoms. The van der Waals surface area contributed by atoms with Crippen LogP contribution < -0.4 is 4.74 Å². The molecular weight excluding hydrogens is 212 g/mol. The molecule has 0 unspecified atom stereocenters. The van der Waals surface area contributed by atoms with Crippen LogP contribution in [0.15, 0.2) is 30.3 Å². The predicted octanol–water partition coefficient (Wildman–Crippen LogP) is 3.71. The highest BCUT2D eigenvalue weighted by Crippen LogP contribution is 2.22. The van der Waals surface area contributed by atoms with Gasteiger partial charge < -0.3 is 4.74 Å². The average molecular weight is 232 g/mol. The Morgan fingerprint density at radius 2 is 1.88 bits per heavy atom. The number of allylic oxidation sites excluding steroid dienone is 1. The number of ketones is 1. The van der Waals surface area contributed by atoms with Crippen molar-refractivity contribution in [3.05, 3.63) is 35.9 Å². The Morgan fingerprint density at radius 1 is 1.29 bits per heavy atom. The summed E-state index contributed by atoms with van der Waals surface area (Å²) in [6, 6.07) is 7.63. The smallest absolute Gasteiger partial charge is 0.161 e. The number of hydrogen-bond acceptors (Lipinski definition) is 2. The zero-order chi connectivity index (χ0) is 12.9. The molecule has 2 nitrogen and oxygen atoms in total. The van der Waals surface area contributed by atoms with E-state index in [0.717, 1.165) is 17.7 Å². The molecule has 0 saturated heterocycles. The van der Waals surface area contributed by atoms with Gasteiger partial charge in [0.05, 0.1) is 7.11 Å². The zero-order valence-corrected chi connectivity index (χ0v) is 11.0. The van der Waals surface area contributed by atoms with E-state index in [2.05, 4.69) is 0 Å². The van der Waals surface area contributed by atoms with Gasteiger partial charge in [-0.2, -0.15) is 0 Å². The van der Waals surface area contributed by atoms with Crippen molar-refractivity contribution >= 4 is 11.9 Å². The molecule has 0 radical (unpaired) electrons. The molecule has 0 fully saturated rings. The molecule has 1 aromatic rings. The Morgan fingerprint density at radius 3 is 2.35 bits per heavy atom. The third-order valence-electron chi connectivity index (χ3n) is 3.09. The van der Waals surface area contributed by atoms with E-state index in [4.69, 9.17) is 4.74 Å². The van der Waals surface area contributed by atoms with E-state index in [1.54, 1.807) is 13.2 Å². The fourth-order valence-electron chi connectivity index (χ4n) is 1.29. The van der Waals surface area contributed by atoms with E-state index in [0.29, 0.717) is 0 Å². The number of ether oxygens (including phenoxy) is 1. The Hall–Kier alpha value is -1.57. The Balaban J connectivity index is 2.73. The molecule has 0 bridgehead atoms. The minimum Gasteiger partial charge on any atom is -0.497 e. The molecule has 2 heteroatoms. The van der Waals surface area contributed by atoms with Crippen molar-refractivity contribution in [2.75, 3.05) is 7.11 Å². The number of hydrogen-bond donors (Lipinski definition) is 0. The van der Waals surface area contributed by atoms with E-state index in [1.165, 1.54) is 0 Å². The third kappa shape index (κ3) is 3.74. The van der Waals surface area contributed by atoms with Crippen LogP contribution in [-0.4, -0.2) is 12.9 Å². The fraction of sp³-hybridized carbons (Fsp3) is 0.400. The van der Waals surface area contributed by atoms with E-state index in [1.807, 2.05) is 51.1 Å². The lowest BCUT2D eigenvalue weighted by Crippen LogP contribution is -2.20. The van der Waals surface area contributed by atoms with Gasteiger partial charge in [0, 0.05) is 5.41 Å². The summed E-state index contributed by atoms with van der Waals surface area (Å²) in [7, 11) is 1.64. The minimum atomic E-state index is -0.275. The second kappa shape index (κ2) is 5.67. The molecule has 92 valence electrons. The first-order chi connectivity index (χ1) is 7.99. The predicted molar refractivity (Wildman–Crippen MR) is 71.1 cm³/mol. The summed E-state index contributed by atoms with van der Waals surface area (Å²) >= 11 is 0. The van der Waals surface area contributed by atoms with E-state index >= 15 is 0 Å². The summed E-state index contributed by atoms with van der Waals surface area (Å²) in [4.78, 5) is 11.9. The maximum absolute atomic E-state index is 11.9. The molecule has 0 aliphatic rings. The van der Waals surface area contributed by atoms with Crippen molar-refractivity contribution in [3.8, 4) is 5.75 Å². The molecule has 0 atom stereocenters. The molecule has 0 aliphatic carbocycles. The SMILES string of the molecule is CCC(C)(C)C(=O)/C=C/c1ccc(OC)cc1. The van der Waals surface area contributed by atoms with Crippen LogP contribution in [0.1, 0.15) is 32.8 Å². The number of carbonyl (C=O) groups excluding carboxylic acids is 1. The van der Waals surface area contributed by atoms with Gasteiger partial charge in [0.25, 0.3) is 0 Å². The largest absolute Gasteiger partial charge is 0.497 e. The lowest BCUT2D eigenvalue weighted by atomic mass is 9.85. The lowest BCUT2D eigenvalue weighted by Gasteiger charge is -2.18. The van der Waals surface area contributed by atoms with E-state index < -0.39 is 0 Å². The van der Waals surface area contributed by atoms with Gasteiger partial charge in [-0.1, -0.05) is 39.0 Å². The van der Waals surface area contributed by atoms with Crippen molar-refractivity contribution in [3.63, 3.8) is 0 Å². The lowest BCUT2D eigenvalue weighted by molar-refractivity contribution is -0.122.